The molecule has 0 radical (unpaired) electrons. The number of rotatable bonds is 5. The molecule has 4 nitrogen and oxygen atoms in total. The van der Waals surface area contributed by atoms with Crippen LogP contribution in [0.3, 0.4) is 0 Å². The van der Waals surface area contributed by atoms with Crippen LogP contribution in [-0.2, 0) is 11.3 Å². The van der Waals surface area contributed by atoms with Crippen LogP contribution in [0.4, 0.5) is 18.0 Å². The fourth-order valence-electron chi connectivity index (χ4n) is 1.70. The highest BCUT2D eigenvalue weighted by molar-refractivity contribution is 5.68. The fourth-order valence-corrected chi connectivity index (χ4v) is 1.70. The highest BCUT2D eigenvalue weighted by atomic mass is 19.2. The molecule has 0 aliphatic carbocycles. The van der Waals surface area contributed by atoms with Crippen molar-refractivity contribution < 1.29 is 22.7 Å². The van der Waals surface area contributed by atoms with Crippen LogP contribution >= 0.6 is 0 Å². The number of carbonyl (C=O) groups is 1. The van der Waals surface area contributed by atoms with Gasteiger partial charge in [-0.2, -0.15) is 0 Å². The van der Waals surface area contributed by atoms with Gasteiger partial charge in [0.25, 0.3) is 0 Å². The summed E-state index contributed by atoms with van der Waals surface area (Å²) in [4.78, 5) is 11.5. The van der Waals surface area contributed by atoms with Gasteiger partial charge in [0.2, 0.25) is 0 Å². The zero-order valence-electron chi connectivity index (χ0n) is 13.1. The molecule has 1 amide bonds. The molecule has 2 N–H and O–H groups in total. The molecule has 1 aromatic carbocycles. The van der Waals surface area contributed by atoms with Gasteiger partial charge in [0, 0.05) is 19.1 Å². The SMILES string of the molecule is CC(CNCc1cc(F)c(F)c(F)c1)NC(=O)OC(C)(C)C. The molecule has 1 rings (SSSR count). The lowest BCUT2D eigenvalue weighted by Gasteiger charge is -2.22. The van der Waals surface area contributed by atoms with Gasteiger partial charge >= 0.3 is 6.09 Å². The van der Waals surface area contributed by atoms with E-state index in [9.17, 15) is 18.0 Å². The lowest BCUT2D eigenvalue weighted by Crippen LogP contribution is -2.42. The maximum absolute atomic E-state index is 13.0. The first-order valence-corrected chi connectivity index (χ1v) is 6.92. The molecule has 0 saturated heterocycles. The summed E-state index contributed by atoms with van der Waals surface area (Å²) in [5, 5.41) is 5.54. The van der Waals surface area contributed by atoms with Crippen LogP contribution in [0.5, 0.6) is 0 Å². The number of hydrogen-bond donors (Lipinski definition) is 2. The van der Waals surface area contributed by atoms with Gasteiger partial charge in [-0.3, -0.25) is 0 Å². The first-order valence-electron chi connectivity index (χ1n) is 6.92. The Labute approximate surface area is 128 Å². The van der Waals surface area contributed by atoms with E-state index in [0.29, 0.717) is 6.54 Å². The van der Waals surface area contributed by atoms with E-state index >= 15 is 0 Å². The summed E-state index contributed by atoms with van der Waals surface area (Å²) in [7, 11) is 0. The number of amides is 1. The Morgan fingerprint density at radius 1 is 1.23 bits per heavy atom. The van der Waals surface area contributed by atoms with Crippen LogP contribution in [0.2, 0.25) is 0 Å². The molecular formula is C15H21F3N2O2. The molecule has 0 spiro atoms. The van der Waals surface area contributed by atoms with Crippen LogP contribution in [-0.4, -0.2) is 24.3 Å². The summed E-state index contributed by atoms with van der Waals surface area (Å²) < 4.78 is 44.0. The number of hydrogen-bond acceptors (Lipinski definition) is 3. The van der Waals surface area contributed by atoms with Crippen LogP contribution in [0, 0.1) is 17.5 Å². The zero-order chi connectivity index (χ0) is 16.9. The lowest BCUT2D eigenvalue weighted by molar-refractivity contribution is 0.0508. The van der Waals surface area contributed by atoms with Gasteiger partial charge in [-0.05, 0) is 45.4 Å². The highest BCUT2D eigenvalue weighted by Crippen LogP contribution is 2.13. The quantitative estimate of drug-likeness (QED) is 0.820. The number of alkyl carbamates (subject to hydrolysis) is 1. The predicted octanol–water partition coefficient (Wildman–Crippen LogP) is 3.11. The highest BCUT2D eigenvalue weighted by Gasteiger charge is 2.17. The molecule has 1 unspecified atom stereocenters. The largest absolute Gasteiger partial charge is 0.444 e. The van der Waals surface area contributed by atoms with E-state index in [0.717, 1.165) is 12.1 Å². The van der Waals surface area contributed by atoms with Crippen molar-refractivity contribution in [2.45, 2.75) is 45.9 Å². The van der Waals surface area contributed by atoms with Crippen molar-refractivity contribution in [3.8, 4) is 0 Å². The molecule has 0 fully saturated rings. The molecular weight excluding hydrogens is 297 g/mol. The monoisotopic (exact) mass is 318 g/mol. The van der Waals surface area contributed by atoms with E-state index < -0.39 is 29.1 Å². The van der Waals surface area contributed by atoms with E-state index in [1.54, 1.807) is 27.7 Å². The third kappa shape index (κ3) is 6.34. The lowest BCUT2D eigenvalue weighted by atomic mass is 10.2. The fraction of sp³-hybridized carbons (Fsp3) is 0.533. The Morgan fingerprint density at radius 2 is 1.77 bits per heavy atom. The molecule has 0 heterocycles. The van der Waals surface area contributed by atoms with Crippen molar-refractivity contribution in [2.24, 2.45) is 0 Å². The van der Waals surface area contributed by atoms with Crippen LogP contribution in [0.25, 0.3) is 0 Å². The Bertz CT molecular complexity index is 507. The average molecular weight is 318 g/mol. The van der Waals surface area contributed by atoms with E-state index in [2.05, 4.69) is 10.6 Å². The number of nitrogens with one attached hydrogen (secondary N) is 2. The molecule has 1 atom stereocenters. The van der Waals surface area contributed by atoms with E-state index in [-0.39, 0.29) is 18.2 Å². The van der Waals surface area contributed by atoms with Crippen molar-refractivity contribution in [3.63, 3.8) is 0 Å². The van der Waals surface area contributed by atoms with Gasteiger partial charge in [0.05, 0.1) is 0 Å². The molecule has 0 bridgehead atoms. The Morgan fingerprint density at radius 3 is 2.27 bits per heavy atom. The predicted molar refractivity (Wildman–Crippen MR) is 76.9 cm³/mol. The summed E-state index contributed by atoms with van der Waals surface area (Å²) >= 11 is 0. The first-order chi connectivity index (χ1) is 10.1. The van der Waals surface area contributed by atoms with Crippen molar-refractivity contribution >= 4 is 6.09 Å². The second kappa shape index (κ2) is 7.49. The maximum atomic E-state index is 13.0. The van der Waals surface area contributed by atoms with Crippen LogP contribution in [0.15, 0.2) is 12.1 Å². The molecule has 7 heteroatoms. The second-order valence-electron chi connectivity index (χ2n) is 6.05. The smallest absolute Gasteiger partial charge is 0.407 e. The third-order valence-corrected chi connectivity index (χ3v) is 2.59. The zero-order valence-corrected chi connectivity index (χ0v) is 13.1. The van der Waals surface area contributed by atoms with Crippen molar-refractivity contribution in [2.75, 3.05) is 6.54 Å². The summed E-state index contributed by atoms with van der Waals surface area (Å²) in [5.41, 5.74) is -0.304. The maximum Gasteiger partial charge on any atom is 0.407 e. The van der Waals surface area contributed by atoms with Gasteiger partial charge in [0.15, 0.2) is 17.5 Å². The Kier molecular flexibility index (Phi) is 6.22. The number of halogens is 3. The Balaban J connectivity index is 2.39. The first kappa shape index (κ1) is 18.3. The standard InChI is InChI=1S/C15H21F3N2O2/c1-9(20-14(21)22-15(2,3)4)7-19-8-10-5-11(16)13(18)12(17)6-10/h5-6,9,19H,7-8H2,1-4H3,(H,20,21). The minimum absolute atomic E-state index is 0.147. The number of carbonyl (C=O) groups excluding carboxylic acids is 1. The molecule has 1 aromatic rings. The van der Waals surface area contributed by atoms with Gasteiger partial charge < -0.3 is 15.4 Å². The van der Waals surface area contributed by atoms with Gasteiger partial charge in [-0.15, -0.1) is 0 Å². The minimum atomic E-state index is -1.48. The topological polar surface area (TPSA) is 50.4 Å². The second-order valence-corrected chi connectivity index (χ2v) is 6.05. The molecule has 124 valence electrons. The summed E-state index contributed by atoms with van der Waals surface area (Å²) in [6.45, 7) is 7.53. The van der Waals surface area contributed by atoms with Crippen molar-refractivity contribution in [1.29, 1.82) is 0 Å². The summed E-state index contributed by atoms with van der Waals surface area (Å²) in [5.74, 6) is -3.93. The van der Waals surface area contributed by atoms with Crippen LogP contribution in [0.1, 0.15) is 33.3 Å². The average Bonchev–Trinajstić information content (AvgIpc) is 2.33. The van der Waals surface area contributed by atoms with Crippen molar-refractivity contribution in [3.05, 3.63) is 35.1 Å². The molecule has 0 aliphatic heterocycles. The van der Waals surface area contributed by atoms with E-state index in [1.165, 1.54) is 0 Å². The summed E-state index contributed by atoms with van der Waals surface area (Å²) in [6, 6.07) is 1.61. The van der Waals surface area contributed by atoms with Gasteiger partial charge in [-0.1, -0.05) is 0 Å². The molecule has 22 heavy (non-hydrogen) atoms. The minimum Gasteiger partial charge on any atom is -0.444 e. The van der Waals surface area contributed by atoms with E-state index in [4.69, 9.17) is 4.74 Å². The van der Waals surface area contributed by atoms with Gasteiger partial charge in [0.1, 0.15) is 5.60 Å². The van der Waals surface area contributed by atoms with Crippen LogP contribution < -0.4 is 10.6 Å². The van der Waals surface area contributed by atoms with Crippen molar-refractivity contribution in [1.82, 2.24) is 10.6 Å². The molecule has 0 aromatic heterocycles. The normalized spacial score (nSPS) is 12.9. The number of ether oxygens (including phenoxy) is 1. The summed E-state index contributed by atoms with van der Waals surface area (Å²) in [6.07, 6.45) is -0.541. The van der Waals surface area contributed by atoms with E-state index in [1.807, 2.05) is 0 Å². The molecule has 0 aliphatic rings. The third-order valence-electron chi connectivity index (χ3n) is 2.59. The van der Waals surface area contributed by atoms with Gasteiger partial charge in [-0.25, -0.2) is 18.0 Å². The Hall–Kier alpha value is -1.76. The molecule has 0 saturated carbocycles. The number of benzene rings is 1.